The zero-order chi connectivity index (χ0) is 19.8. The second kappa shape index (κ2) is 11.7. The Morgan fingerprint density at radius 1 is 1.10 bits per heavy atom. The predicted octanol–water partition coefficient (Wildman–Crippen LogP) is 4.23. The fraction of sp³-hybridized carbons (Fsp3) is 0.429. The van der Waals surface area contributed by atoms with Gasteiger partial charge in [-0.2, -0.15) is 0 Å². The van der Waals surface area contributed by atoms with Gasteiger partial charge in [-0.3, -0.25) is 4.99 Å². The number of nitrogens with zero attached hydrogens (tertiary/aromatic N) is 2. The molecule has 1 saturated carbocycles. The number of aromatic nitrogens is 1. The molecule has 0 aliphatic heterocycles. The number of benzene rings is 1. The number of pyridine rings is 1. The number of methoxy groups -OCH3 is 2. The van der Waals surface area contributed by atoms with E-state index >= 15 is 0 Å². The molecule has 0 saturated heterocycles. The summed E-state index contributed by atoms with van der Waals surface area (Å²) < 4.78 is 16.5. The number of guanidine groups is 1. The highest BCUT2D eigenvalue weighted by molar-refractivity contribution is 14.0. The van der Waals surface area contributed by atoms with Crippen molar-refractivity contribution in [1.82, 2.24) is 10.3 Å². The Balaban J connectivity index is 0.00000300. The summed E-state index contributed by atoms with van der Waals surface area (Å²) >= 11 is 0. The molecule has 1 aliphatic rings. The first-order valence-corrected chi connectivity index (χ1v) is 9.53. The minimum atomic E-state index is 0. The third-order valence-electron chi connectivity index (χ3n) is 4.72. The maximum absolute atomic E-state index is 5.91. The van der Waals surface area contributed by atoms with E-state index in [9.17, 15) is 0 Å². The molecule has 8 heteroatoms. The van der Waals surface area contributed by atoms with Gasteiger partial charge in [0.1, 0.15) is 6.10 Å². The van der Waals surface area contributed by atoms with E-state index in [4.69, 9.17) is 14.2 Å². The van der Waals surface area contributed by atoms with Crippen LogP contribution in [0.25, 0.3) is 0 Å². The van der Waals surface area contributed by atoms with Gasteiger partial charge >= 0.3 is 0 Å². The molecule has 2 aromatic rings. The standard InChI is InChI=1S/C21H28N4O3.HI/c1-22-21(25-16-9-10-18(26-2)19(12-16)27-3)24-14-15-8-11-20(23-13-15)28-17-6-4-5-7-17;/h8-13,17H,4-7,14H2,1-3H3,(H2,22,24,25);1H. The normalized spacial score (nSPS) is 14.1. The van der Waals surface area contributed by atoms with Crippen molar-refractivity contribution in [3.8, 4) is 17.4 Å². The summed E-state index contributed by atoms with van der Waals surface area (Å²) in [4.78, 5) is 8.68. The van der Waals surface area contributed by atoms with Gasteiger partial charge < -0.3 is 24.8 Å². The van der Waals surface area contributed by atoms with Gasteiger partial charge in [0.2, 0.25) is 5.88 Å². The van der Waals surface area contributed by atoms with E-state index in [0.717, 1.165) is 24.1 Å². The fourth-order valence-corrected chi connectivity index (χ4v) is 3.18. The molecule has 1 heterocycles. The first-order valence-electron chi connectivity index (χ1n) is 9.53. The SMILES string of the molecule is CN=C(NCc1ccc(OC2CCCC2)nc1)Nc1ccc(OC)c(OC)c1.I. The Morgan fingerprint density at radius 3 is 2.48 bits per heavy atom. The number of rotatable bonds is 7. The van der Waals surface area contributed by atoms with Gasteiger partial charge in [-0.15, -0.1) is 24.0 Å². The minimum absolute atomic E-state index is 0. The maximum Gasteiger partial charge on any atom is 0.213 e. The van der Waals surface area contributed by atoms with E-state index < -0.39 is 0 Å². The molecule has 0 amide bonds. The van der Waals surface area contributed by atoms with Crippen LogP contribution < -0.4 is 24.8 Å². The molecule has 0 bridgehead atoms. The van der Waals surface area contributed by atoms with Crippen LogP contribution in [-0.2, 0) is 6.54 Å². The molecule has 158 valence electrons. The minimum Gasteiger partial charge on any atom is -0.493 e. The van der Waals surface area contributed by atoms with Gasteiger partial charge in [-0.25, -0.2) is 4.98 Å². The van der Waals surface area contributed by atoms with Crippen LogP contribution in [0.5, 0.6) is 17.4 Å². The topological polar surface area (TPSA) is 77.0 Å². The Labute approximate surface area is 189 Å². The molecule has 0 unspecified atom stereocenters. The van der Waals surface area contributed by atoms with E-state index in [0.29, 0.717) is 36.0 Å². The van der Waals surface area contributed by atoms with Gasteiger partial charge in [0, 0.05) is 37.6 Å². The van der Waals surface area contributed by atoms with Gasteiger partial charge in [0.05, 0.1) is 14.2 Å². The van der Waals surface area contributed by atoms with Crippen LogP contribution >= 0.6 is 24.0 Å². The lowest BCUT2D eigenvalue weighted by molar-refractivity contribution is 0.201. The molecule has 7 nitrogen and oxygen atoms in total. The molecule has 1 aromatic carbocycles. The highest BCUT2D eigenvalue weighted by atomic mass is 127. The van der Waals surface area contributed by atoms with Crippen molar-refractivity contribution >= 4 is 35.6 Å². The van der Waals surface area contributed by atoms with Crippen LogP contribution in [0.1, 0.15) is 31.2 Å². The third-order valence-corrected chi connectivity index (χ3v) is 4.72. The summed E-state index contributed by atoms with van der Waals surface area (Å²) in [5.74, 6) is 2.69. The average molecular weight is 512 g/mol. The monoisotopic (exact) mass is 512 g/mol. The van der Waals surface area contributed by atoms with Crippen molar-refractivity contribution < 1.29 is 14.2 Å². The molecule has 0 spiro atoms. The smallest absolute Gasteiger partial charge is 0.213 e. The largest absolute Gasteiger partial charge is 0.493 e. The number of anilines is 1. The number of hydrogen-bond donors (Lipinski definition) is 2. The lowest BCUT2D eigenvalue weighted by Gasteiger charge is -2.15. The highest BCUT2D eigenvalue weighted by Crippen LogP contribution is 2.29. The van der Waals surface area contributed by atoms with E-state index in [2.05, 4.69) is 20.6 Å². The molecule has 2 N–H and O–H groups in total. The Kier molecular flexibility index (Phi) is 9.30. The van der Waals surface area contributed by atoms with Gasteiger partial charge in [-0.1, -0.05) is 6.07 Å². The van der Waals surface area contributed by atoms with E-state index in [1.54, 1.807) is 21.3 Å². The Hall–Kier alpha value is -2.23. The summed E-state index contributed by atoms with van der Waals surface area (Å²) in [7, 11) is 4.96. The van der Waals surface area contributed by atoms with Crippen LogP contribution in [0.3, 0.4) is 0 Å². The molecular formula is C21H29IN4O3. The molecule has 0 radical (unpaired) electrons. The molecular weight excluding hydrogens is 483 g/mol. The van der Waals surface area contributed by atoms with Crippen molar-refractivity contribution in [2.75, 3.05) is 26.6 Å². The molecule has 3 rings (SSSR count). The summed E-state index contributed by atoms with van der Waals surface area (Å²) in [5.41, 5.74) is 1.90. The van der Waals surface area contributed by atoms with Crippen molar-refractivity contribution in [1.29, 1.82) is 0 Å². The van der Waals surface area contributed by atoms with Gasteiger partial charge in [0.25, 0.3) is 0 Å². The van der Waals surface area contributed by atoms with Crippen LogP contribution in [0.2, 0.25) is 0 Å². The second-order valence-electron chi connectivity index (χ2n) is 6.65. The molecule has 0 atom stereocenters. The van der Waals surface area contributed by atoms with Gasteiger partial charge in [-0.05, 0) is 43.4 Å². The van der Waals surface area contributed by atoms with Crippen LogP contribution in [0.4, 0.5) is 5.69 Å². The van der Waals surface area contributed by atoms with Crippen molar-refractivity contribution in [2.45, 2.75) is 38.3 Å². The van der Waals surface area contributed by atoms with Crippen LogP contribution in [0.15, 0.2) is 41.5 Å². The predicted molar refractivity (Wildman–Crippen MR) is 126 cm³/mol. The van der Waals surface area contributed by atoms with E-state index in [1.165, 1.54) is 12.8 Å². The zero-order valence-electron chi connectivity index (χ0n) is 17.1. The summed E-state index contributed by atoms with van der Waals surface area (Å²) in [6.07, 6.45) is 6.91. The van der Waals surface area contributed by atoms with Crippen molar-refractivity contribution in [2.24, 2.45) is 4.99 Å². The van der Waals surface area contributed by atoms with E-state index in [-0.39, 0.29) is 24.0 Å². The summed E-state index contributed by atoms with van der Waals surface area (Å²) in [5, 5.41) is 6.52. The quantitative estimate of drug-likeness (QED) is 0.329. The van der Waals surface area contributed by atoms with Crippen molar-refractivity contribution in [3.63, 3.8) is 0 Å². The number of hydrogen-bond acceptors (Lipinski definition) is 5. The first-order chi connectivity index (χ1) is 13.7. The number of nitrogens with one attached hydrogen (secondary N) is 2. The Bertz CT molecular complexity index is 793. The van der Waals surface area contributed by atoms with Crippen LogP contribution in [-0.4, -0.2) is 38.3 Å². The highest BCUT2D eigenvalue weighted by Gasteiger charge is 2.16. The number of aliphatic imine (C=N–C) groups is 1. The maximum atomic E-state index is 5.91. The lowest BCUT2D eigenvalue weighted by Crippen LogP contribution is -2.30. The number of halogens is 1. The zero-order valence-corrected chi connectivity index (χ0v) is 19.4. The third kappa shape index (κ3) is 6.66. The van der Waals surface area contributed by atoms with Crippen molar-refractivity contribution in [3.05, 3.63) is 42.1 Å². The van der Waals surface area contributed by atoms with Crippen LogP contribution in [0, 0.1) is 0 Å². The van der Waals surface area contributed by atoms with Gasteiger partial charge in [0.15, 0.2) is 17.5 Å². The molecule has 29 heavy (non-hydrogen) atoms. The molecule has 1 fully saturated rings. The Morgan fingerprint density at radius 2 is 1.86 bits per heavy atom. The number of ether oxygens (including phenoxy) is 3. The van der Waals surface area contributed by atoms with E-state index in [1.807, 2.05) is 36.5 Å². The lowest BCUT2D eigenvalue weighted by atomic mass is 10.2. The molecule has 1 aliphatic carbocycles. The summed E-state index contributed by atoms with van der Waals surface area (Å²) in [6.45, 7) is 0.601. The molecule has 1 aromatic heterocycles. The average Bonchev–Trinajstić information content (AvgIpc) is 3.25. The fourth-order valence-electron chi connectivity index (χ4n) is 3.18. The first kappa shape index (κ1) is 23.1. The second-order valence-corrected chi connectivity index (χ2v) is 6.65. The summed E-state index contributed by atoms with van der Waals surface area (Å²) in [6, 6.07) is 9.57.